The molecule has 162 valence electrons. The number of halogens is 1. The summed E-state index contributed by atoms with van der Waals surface area (Å²) in [7, 11) is 0. The van der Waals surface area contributed by atoms with Crippen molar-refractivity contribution in [1.82, 2.24) is 10.6 Å². The quantitative estimate of drug-likeness (QED) is 0.457. The molecule has 2 aromatic carbocycles. The van der Waals surface area contributed by atoms with Gasteiger partial charge in [0.1, 0.15) is 22.4 Å². The third-order valence-corrected chi connectivity index (χ3v) is 5.02. The van der Waals surface area contributed by atoms with Crippen molar-refractivity contribution in [1.29, 1.82) is 0 Å². The lowest BCUT2D eigenvalue weighted by Gasteiger charge is -2.16. The third-order valence-electron chi connectivity index (χ3n) is 4.58. The van der Waals surface area contributed by atoms with Gasteiger partial charge in [0.15, 0.2) is 6.61 Å². The van der Waals surface area contributed by atoms with E-state index in [0.717, 1.165) is 5.56 Å². The summed E-state index contributed by atoms with van der Waals surface area (Å²) in [5, 5.41) is 15.2. The Kier molecular flexibility index (Phi) is 7.28. The van der Waals surface area contributed by atoms with Crippen molar-refractivity contribution in [3.63, 3.8) is 0 Å². The molecule has 0 saturated carbocycles. The summed E-state index contributed by atoms with van der Waals surface area (Å²) in [4.78, 5) is 36.1. The third kappa shape index (κ3) is 5.62. The van der Waals surface area contributed by atoms with Crippen LogP contribution in [0.2, 0.25) is 5.02 Å². The summed E-state index contributed by atoms with van der Waals surface area (Å²) in [5.41, 5.74) is 1.10. The van der Waals surface area contributed by atoms with Crippen molar-refractivity contribution in [3.05, 3.63) is 75.1 Å². The van der Waals surface area contributed by atoms with Crippen LogP contribution in [0.3, 0.4) is 0 Å². The molecular formula is C22H21ClN2O6. The Morgan fingerprint density at radius 3 is 2.65 bits per heavy atom. The van der Waals surface area contributed by atoms with E-state index in [4.69, 9.17) is 20.8 Å². The second-order valence-electron chi connectivity index (χ2n) is 6.78. The van der Waals surface area contributed by atoms with Gasteiger partial charge in [-0.05, 0) is 30.2 Å². The van der Waals surface area contributed by atoms with Crippen LogP contribution in [0.5, 0.6) is 5.75 Å². The normalized spacial score (nSPS) is 11.7. The minimum Gasteiger partial charge on any atom is -0.484 e. The van der Waals surface area contributed by atoms with Crippen molar-refractivity contribution in [2.75, 3.05) is 13.2 Å². The zero-order valence-corrected chi connectivity index (χ0v) is 17.4. The van der Waals surface area contributed by atoms with E-state index in [1.807, 2.05) is 30.3 Å². The lowest BCUT2D eigenvalue weighted by molar-refractivity contribution is -0.131. The number of nitrogens with one attached hydrogen (secondary N) is 2. The van der Waals surface area contributed by atoms with Crippen LogP contribution in [0, 0.1) is 6.92 Å². The van der Waals surface area contributed by atoms with Crippen molar-refractivity contribution >= 4 is 34.4 Å². The molecule has 0 bridgehead atoms. The number of carbonyl (C=O) groups excluding carboxylic acids is 2. The summed E-state index contributed by atoms with van der Waals surface area (Å²) in [6.07, 6.45) is 0. The average molecular weight is 445 g/mol. The fourth-order valence-electron chi connectivity index (χ4n) is 2.89. The van der Waals surface area contributed by atoms with Gasteiger partial charge in [-0.1, -0.05) is 41.9 Å². The number of hydrogen-bond acceptors (Lipinski definition) is 6. The monoisotopic (exact) mass is 444 g/mol. The number of carbonyl (C=O) groups is 2. The van der Waals surface area contributed by atoms with E-state index >= 15 is 0 Å². The highest BCUT2D eigenvalue weighted by atomic mass is 35.5. The molecule has 0 aliphatic carbocycles. The average Bonchev–Trinajstić information content (AvgIpc) is 2.78. The van der Waals surface area contributed by atoms with Gasteiger partial charge in [-0.3, -0.25) is 9.59 Å². The predicted octanol–water partition coefficient (Wildman–Crippen LogP) is 1.93. The lowest BCUT2D eigenvalue weighted by atomic mass is 10.1. The number of rotatable bonds is 8. The molecule has 0 saturated heterocycles. The van der Waals surface area contributed by atoms with Crippen LogP contribution in [0.1, 0.15) is 11.1 Å². The molecule has 8 nitrogen and oxygen atoms in total. The molecule has 0 spiro atoms. The van der Waals surface area contributed by atoms with Crippen molar-refractivity contribution in [3.8, 4) is 5.75 Å². The number of benzene rings is 2. The molecule has 0 fully saturated rings. The first-order chi connectivity index (χ1) is 14.9. The fraction of sp³-hybridized carbons (Fsp3) is 0.227. The molecule has 3 N–H and O–H groups in total. The van der Waals surface area contributed by atoms with Gasteiger partial charge in [0.05, 0.1) is 6.61 Å². The van der Waals surface area contributed by atoms with Crippen molar-refractivity contribution < 1.29 is 23.8 Å². The molecule has 1 atom stereocenters. The minimum atomic E-state index is -1.11. The van der Waals surface area contributed by atoms with Gasteiger partial charge in [0.25, 0.3) is 5.91 Å². The summed E-state index contributed by atoms with van der Waals surface area (Å²) in [6, 6.07) is 12.9. The van der Waals surface area contributed by atoms with Crippen LogP contribution in [-0.4, -0.2) is 36.2 Å². The first-order valence-corrected chi connectivity index (χ1v) is 9.84. The molecule has 0 aliphatic heterocycles. The topological polar surface area (TPSA) is 118 Å². The van der Waals surface area contributed by atoms with Crippen LogP contribution >= 0.6 is 11.6 Å². The molecule has 31 heavy (non-hydrogen) atoms. The van der Waals surface area contributed by atoms with Gasteiger partial charge in [-0.15, -0.1) is 0 Å². The largest absolute Gasteiger partial charge is 0.484 e. The second-order valence-corrected chi connectivity index (χ2v) is 7.16. The van der Waals surface area contributed by atoms with Gasteiger partial charge < -0.3 is 24.9 Å². The Bertz CT molecular complexity index is 1150. The molecule has 0 aliphatic rings. The zero-order chi connectivity index (χ0) is 22.4. The fourth-order valence-corrected chi connectivity index (χ4v) is 3.03. The van der Waals surface area contributed by atoms with E-state index in [1.54, 1.807) is 19.1 Å². The van der Waals surface area contributed by atoms with E-state index in [9.17, 15) is 19.5 Å². The Balaban J connectivity index is 1.56. The molecule has 2 amide bonds. The molecule has 3 rings (SSSR count). The minimum absolute atomic E-state index is 0.0149. The van der Waals surface area contributed by atoms with Gasteiger partial charge in [0.2, 0.25) is 5.91 Å². The smallest absolute Gasteiger partial charge is 0.355 e. The summed E-state index contributed by atoms with van der Waals surface area (Å²) in [5.74, 6) is -0.816. The van der Waals surface area contributed by atoms with Crippen LogP contribution in [-0.2, 0) is 16.1 Å². The number of aryl methyl sites for hydroxylation is 1. The zero-order valence-electron chi connectivity index (χ0n) is 16.7. The van der Waals surface area contributed by atoms with E-state index in [0.29, 0.717) is 16.7 Å². The molecule has 0 unspecified atom stereocenters. The number of ether oxygens (including phenoxy) is 1. The van der Waals surface area contributed by atoms with E-state index < -0.39 is 36.7 Å². The summed E-state index contributed by atoms with van der Waals surface area (Å²) in [6.45, 7) is 1.01. The molecule has 1 aromatic heterocycles. The molecule has 0 radical (unpaired) electrons. The summed E-state index contributed by atoms with van der Waals surface area (Å²) >= 11 is 5.90. The van der Waals surface area contributed by atoms with E-state index in [1.165, 1.54) is 6.07 Å². The highest BCUT2D eigenvalue weighted by Crippen LogP contribution is 2.25. The van der Waals surface area contributed by atoms with E-state index in [-0.39, 0.29) is 17.2 Å². The molecular weight excluding hydrogens is 424 g/mol. The lowest BCUT2D eigenvalue weighted by Crippen LogP contribution is -2.49. The number of fused-ring (bicyclic) bond motifs is 1. The highest BCUT2D eigenvalue weighted by Gasteiger charge is 2.20. The van der Waals surface area contributed by atoms with E-state index in [2.05, 4.69) is 10.6 Å². The summed E-state index contributed by atoms with van der Waals surface area (Å²) < 4.78 is 10.6. The van der Waals surface area contributed by atoms with Gasteiger partial charge in [-0.25, -0.2) is 4.79 Å². The Morgan fingerprint density at radius 1 is 1.19 bits per heavy atom. The number of amides is 2. The van der Waals surface area contributed by atoms with Crippen LogP contribution < -0.4 is 21.0 Å². The van der Waals surface area contributed by atoms with Crippen LogP contribution in [0.4, 0.5) is 0 Å². The molecule has 1 heterocycles. The van der Waals surface area contributed by atoms with Crippen LogP contribution in [0.25, 0.3) is 11.0 Å². The predicted molar refractivity (Wildman–Crippen MR) is 115 cm³/mol. The Hall–Kier alpha value is -3.36. The van der Waals surface area contributed by atoms with Gasteiger partial charge >= 0.3 is 5.63 Å². The maximum Gasteiger partial charge on any atom is 0.355 e. The second kappa shape index (κ2) is 10.1. The maximum atomic E-state index is 12.2. The van der Waals surface area contributed by atoms with Crippen molar-refractivity contribution in [2.45, 2.75) is 19.5 Å². The Morgan fingerprint density at radius 2 is 1.94 bits per heavy atom. The van der Waals surface area contributed by atoms with Gasteiger partial charge in [0, 0.05) is 18.0 Å². The maximum absolute atomic E-state index is 12.2. The number of aliphatic hydroxyl groups is 1. The molecule has 3 aromatic rings. The standard InChI is InChI=1S/C22H21ClN2O6/c1-13-16-8-7-15(9-18(16)31-22(29)20(13)23)30-12-19(27)25-17(11-26)21(28)24-10-14-5-3-2-4-6-14/h2-9,17,26H,10-12H2,1H3,(H,24,28)(H,25,27)/t17-/m0/s1. The highest BCUT2D eigenvalue weighted by molar-refractivity contribution is 6.31. The van der Waals surface area contributed by atoms with Crippen molar-refractivity contribution in [2.24, 2.45) is 0 Å². The number of hydrogen-bond donors (Lipinski definition) is 3. The Labute approximate surface area is 182 Å². The first kappa shape index (κ1) is 22.3. The van der Waals surface area contributed by atoms with Crippen LogP contribution in [0.15, 0.2) is 57.7 Å². The number of aliphatic hydroxyl groups excluding tert-OH is 1. The SMILES string of the molecule is Cc1c(Cl)c(=O)oc2cc(OCC(=O)N[C@@H](CO)C(=O)NCc3ccccc3)ccc12. The molecule has 9 heteroatoms. The first-order valence-electron chi connectivity index (χ1n) is 9.46. The van der Waals surface area contributed by atoms with Gasteiger partial charge in [-0.2, -0.15) is 0 Å².